The maximum absolute atomic E-state index is 12.1. The smallest absolute Gasteiger partial charge is 0.243 e. The van der Waals surface area contributed by atoms with Crippen molar-refractivity contribution < 1.29 is 4.79 Å². The summed E-state index contributed by atoms with van der Waals surface area (Å²) in [5.74, 6) is -0.253. The summed E-state index contributed by atoms with van der Waals surface area (Å²) in [4.78, 5) is 15.3. The molecule has 1 amide bonds. The van der Waals surface area contributed by atoms with Gasteiger partial charge in [-0.2, -0.15) is 0 Å². The van der Waals surface area contributed by atoms with Gasteiger partial charge in [0.2, 0.25) is 11.0 Å². The SMILES string of the molecule is Cc1nnc(NC(=O)[C@@H](N)Cc2c[nH]c3ccccc23)s1. The summed E-state index contributed by atoms with van der Waals surface area (Å²) in [7, 11) is 0. The van der Waals surface area contributed by atoms with Crippen molar-refractivity contribution in [1.29, 1.82) is 0 Å². The van der Waals surface area contributed by atoms with Crippen molar-refractivity contribution in [3.05, 3.63) is 41.0 Å². The highest BCUT2D eigenvalue weighted by atomic mass is 32.1. The molecule has 0 unspecified atom stereocenters. The zero-order chi connectivity index (χ0) is 14.8. The number of aromatic amines is 1. The van der Waals surface area contributed by atoms with Crippen molar-refractivity contribution in [2.24, 2.45) is 5.73 Å². The Hall–Kier alpha value is -2.25. The second-order valence-electron chi connectivity index (χ2n) is 4.79. The number of anilines is 1. The van der Waals surface area contributed by atoms with Crippen LogP contribution in [0.3, 0.4) is 0 Å². The molecule has 108 valence electrons. The number of benzene rings is 1. The molecular formula is C14H15N5OS. The molecule has 21 heavy (non-hydrogen) atoms. The first-order valence-electron chi connectivity index (χ1n) is 6.55. The summed E-state index contributed by atoms with van der Waals surface area (Å²) in [5.41, 5.74) is 8.06. The Morgan fingerprint density at radius 2 is 2.24 bits per heavy atom. The van der Waals surface area contributed by atoms with Gasteiger partial charge in [-0.05, 0) is 25.0 Å². The zero-order valence-corrected chi connectivity index (χ0v) is 12.3. The number of nitrogens with zero attached hydrogens (tertiary/aromatic N) is 2. The molecule has 1 atom stereocenters. The molecule has 2 aromatic heterocycles. The highest BCUT2D eigenvalue weighted by Crippen LogP contribution is 2.19. The quantitative estimate of drug-likeness (QED) is 0.685. The molecule has 0 aliphatic heterocycles. The van der Waals surface area contributed by atoms with Crippen LogP contribution in [0.25, 0.3) is 10.9 Å². The van der Waals surface area contributed by atoms with Crippen LogP contribution in [0.1, 0.15) is 10.6 Å². The number of rotatable bonds is 4. The average Bonchev–Trinajstić information content (AvgIpc) is 3.06. The Morgan fingerprint density at radius 3 is 3.00 bits per heavy atom. The fourth-order valence-corrected chi connectivity index (χ4v) is 2.77. The number of aromatic nitrogens is 3. The van der Waals surface area contributed by atoms with E-state index in [-0.39, 0.29) is 5.91 Å². The number of hydrogen-bond acceptors (Lipinski definition) is 5. The molecule has 0 saturated heterocycles. The number of carbonyl (C=O) groups is 1. The molecule has 2 heterocycles. The first kappa shape index (κ1) is 13.7. The standard InChI is InChI=1S/C14H15N5OS/c1-8-18-19-14(21-8)17-13(20)11(15)6-9-7-16-12-5-3-2-4-10(9)12/h2-5,7,11,16H,6,15H2,1H3,(H,17,19,20)/t11-/m0/s1. The van der Waals surface area contributed by atoms with Crippen LogP contribution in [0.5, 0.6) is 0 Å². The van der Waals surface area contributed by atoms with Crippen LogP contribution in [0, 0.1) is 6.92 Å². The summed E-state index contributed by atoms with van der Waals surface area (Å²) in [5, 5.41) is 12.8. The van der Waals surface area contributed by atoms with E-state index < -0.39 is 6.04 Å². The van der Waals surface area contributed by atoms with Crippen LogP contribution in [-0.4, -0.2) is 27.1 Å². The van der Waals surface area contributed by atoms with Crippen LogP contribution in [0.2, 0.25) is 0 Å². The summed E-state index contributed by atoms with van der Waals surface area (Å²) in [6, 6.07) is 7.31. The van der Waals surface area contributed by atoms with E-state index in [1.165, 1.54) is 11.3 Å². The van der Waals surface area contributed by atoms with Gasteiger partial charge in [0.15, 0.2) is 0 Å². The van der Waals surface area contributed by atoms with Crippen LogP contribution in [-0.2, 0) is 11.2 Å². The highest BCUT2D eigenvalue weighted by molar-refractivity contribution is 7.15. The van der Waals surface area contributed by atoms with E-state index in [0.717, 1.165) is 21.5 Å². The Bertz CT molecular complexity index is 778. The average molecular weight is 301 g/mol. The van der Waals surface area contributed by atoms with Crippen LogP contribution >= 0.6 is 11.3 Å². The molecule has 0 saturated carbocycles. The molecule has 6 nitrogen and oxygen atoms in total. The molecule has 0 radical (unpaired) electrons. The fraction of sp³-hybridized carbons (Fsp3) is 0.214. The number of aryl methyl sites for hydroxylation is 1. The largest absolute Gasteiger partial charge is 0.361 e. The van der Waals surface area contributed by atoms with E-state index >= 15 is 0 Å². The van der Waals surface area contributed by atoms with Crippen molar-refractivity contribution in [1.82, 2.24) is 15.2 Å². The molecule has 0 fully saturated rings. The van der Waals surface area contributed by atoms with E-state index in [1.807, 2.05) is 37.4 Å². The lowest BCUT2D eigenvalue weighted by atomic mass is 10.1. The van der Waals surface area contributed by atoms with Crippen molar-refractivity contribution in [2.45, 2.75) is 19.4 Å². The lowest BCUT2D eigenvalue weighted by molar-refractivity contribution is -0.117. The molecule has 0 bridgehead atoms. The molecule has 3 rings (SSSR count). The second-order valence-corrected chi connectivity index (χ2v) is 5.97. The van der Waals surface area contributed by atoms with E-state index in [1.54, 1.807) is 0 Å². The Labute approximate surface area is 125 Å². The second kappa shape index (κ2) is 5.63. The number of hydrogen-bond donors (Lipinski definition) is 3. The first-order valence-corrected chi connectivity index (χ1v) is 7.36. The minimum atomic E-state index is -0.631. The van der Waals surface area contributed by atoms with Gasteiger partial charge in [-0.15, -0.1) is 10.2 Å². The summed E-state index contributed by atoms with van der Waals surface area (Å²) >= 11 is 1.33. The molecule has 0 spiro atoms. The number of carbonyl (C=O) groups excluding carboxylic acids is 1. The molecule has 4 N–H and O–H groups in total. The van der Waals surface area contributed by atoms with E-state index in [4.69, 9.17) is 5.73 Å². The summed E-state index contributed by atoms with van der Waals surface area (Å²) in [6.45, 7) is 1.83. The highest BCUT2D eigenvalue weighted by Gasteiger charge is 2.17. The maximum Gasteiger partial charge on any atom is 0.243 e. The van der Waals surface area contributed by atoms with Gasteiger partial charge in [0, 0.05) is 17.1 Å². The van der Waals surface area contributed by atoms with Gasteiger partial charge in [0.05, 0.1) is 6.04 Å². The molecule has 0 aliphatic rings. The lowest BCUT2D eigenvalue weighted by Crippen LogP contribution is -2.37. The number of fused-ring (bicyclic) bond motifs is 1. The van der Waals surface area contributed by atoms with Crippen molar-refractivity contribution >= 4 is 33.3 Å². The molecule has 1 aromatic carbocycles. The first-order chi connectivity index (χ1) is 10.1. The summed E-state index contributed by atoms with van der Waals surface area (Å²) in [6.07, 6.45) is 2.36. The third-order valence-corrected chi connectivity index (χ3v) is 3.96. The monoisotopic (exact) mass is 301 g/mol. The number of H-pyrrole nitrogens is 1. The van der Waals surface area contributed by atoms with Gasteiger partial charge in [-0.25, -0.2) is 0 Å². The fourth-order valence-electron chi connectivity index (χ4n) is 2.18. The Kier molecular flexibility index (Phi) is 3.68. The van der Waals surface area contributed by atoms with Gasteiger partial charge in [-0.1, -0.05) is 29.5 Å². The van der Waals surface area contributed by atoms with Crippen LogP contribution < -0.4 is 11.1 Å². The van der Waals surface area contributed by atoms with Crippen molar-refractivity contribution in [3.8, 4) is 0 Å². The molecule has 0 aliphatic carbocycles. The number of nitrogens with one attached hydrogen (secondary N) is 2. The van der Waals surface area contributed by atoms with Crippen molar-refractivity contribution in [3.63, 3.8) is 0 Å². The zero-order valence-electron chi connectivity index (χ0n) is 11.5. The summed E-state index contributed by atoms with van der Waals surface area (Å²) < 4.78 is 0. The Morgan fingerprint density at radius 1 is 1.43 bits per heavy atom. The minimum absolute atomic E-state index is 0.253. The van der Waals surface area contributed by atoms with Gasteiger partial charge in [-0.3, -0.25) is 10.1 Å². The van der Waals surface area contributed by atoms with Gasteiger partial charge in [0.25, 0.3) is 0 Å². The lowest BCUT2D eigenvalue weighted by Gasteiger charge is -2.09. The molecule has 3 aromatic rings. The minimum Gasteiger partial charge on any atom is -0.361 e. The number of para-hydroxylation sites is 1. The number of amides is 1. The molecule has 7 heteroatoms. The Balaban J connectivity index is 1.70. The normalized spacial score (nSPS) is 12.5. The topological polar surface area (TPSA) is 96.7 Å². The molecular weight excluding hydrogens is 286 g/mol. The van der Waals surface area contributed by atoms with Gasteiger partial charge in [0.1, 0.15) is 5.01 Å². The van der Waals surface area contributed by atoms with E-state index in [9.17, 15) is 4.79 Å². The van der Waals surface area contributed by atoms with Crippen LogP contribution in [0.15, 0.2) is 30.5 Å². The van der Waals surface area contributed by atoms with Crippen LogP contribution in [0.4, 0.5) is 5.13 Å². The third-order valence-electron chi connectivity index (χ3n) is 3.21. The van der Waals surface area contributed by atoms with Gasteiger partial charge >= 0.3 is 0 Å². The van der Waals surface area contributed by atoms with E-state index in [0.29, 0.717) is 11.6 Å². The van der Waals surface area contributed by atoms with Crippen molar-refractivity contribution in [2.75, 3.05) is 5.32 Å². The van der Waals surface area contributed by atoms with E-state index in [2.05, 4.69) is 20.5 Å². The van der Waals surface area contributed by atoms with Gasteiger partial charge < -0.3 is 10.7 Å². The predicted octanol–water partition coefficient (Wildman–Crippen LogP) is 1.84. The predicted molar refractivity (Wildman–Crippen MR) is 83.3 cm³/mol. The third kappa shape index (κ3) is 2.93. The maximum atomic E-state index is 12.1. The number of nitrogens with two attached hydrogens (primary N) is 1.